The Morgan fingerprint density at radius 2 is 1.90 bits per heavy atom. The van der Waals surface area contributed by atoms with Crippen molar-refractivity contribution >= 4 is 5.91 Å². The third-order valence-corrected chi connectivity index (χ3v) is 3.91. The van der Waals surface area contributed by atoms with Crippen LogP contribution in [-0.2, 0) is 14.9 Å². The average molecular weight is 298 g/mol. The fourth-order valence-electron chi connectivity index (χ4n) is 2.57. The molecule has 0 spiro atoms. The summed E-state index contributed by atoms with van der Waals surface area (Å²) < 4.78 is 31.8. The third-order valence-electron chi connectivity index (χ3n) is 3.91. The number of nitrogens with two attached hydrogens (primary N) is 1. The van der Waals surface area contributed by atoms with Crippen LogP contribution in [0.4, 0.5) is 8.78 Å². The van der Waals surface area contributed by atoms with E-state index in [0.29, 0.717) is 26.1 Å². The largest absolute Gasteiger partial charge is 0.381 e. The zero-order valence-electron chi connectivity index (χ0n) is 11.8. The number of amides is 1. The van der Waals surface area contributed by atoms with Crippen LogP contribution in [0.2, 0.25) is 0 Å². The number of hydrogen-bond donors (Lipinski definition) is 2. The smallest absolute Gasteiger partial charge is 0.277 e. The molecule has 1 aromatic rings. The minimum atomic E-state index is -3.08. The summed E-state index contributed by atoms with van der Waals surface area (Å²) >= 11 is 0. The van der Waals surface area contributed by atoms with Gasteiger partial charge in [-0.2, -0.15) is 0 Å². The Morgan fingerprint density at radius 3 is 2.48 bits per heavy atom. The fourth-order valence-corrected chi connectivity index (χ4v) is 2.57. The molecule has 0 aromatic heterocycles. The summed E-state index contributed by atoms with van der Waals surface area (Å²) in [5.41, 5.74) is 5.03. The highest BCUT2D eigenvalue weighted by atomic mass is 19.3. The molecule has 1 aliphatic heterocycles. The molecule has 1 heterocycles. The van der Waals surface area contributed by atoms with Gasteiger partial charge in [0.25, 0.3) is 5.92 Å². The lowest BCUT2D eigenvalue weighted by atomic mass is 9.73. The molecule has 0 aliphatic carbocycles. The van der Waals surface area contributed by atoms with E-state index in [2.05, 4.69) is 5.32 Å². The summed E-state index contributed by atoms with van der Waals surface area (Å²) in [4.78, 5) is 12.5. The van der Waals surface area contributed by atoms with Gasteiger partial charge < -0.3 is 15.8 Å². The Labute approximate surface area is 122 Å². The lowest BCUT2D eigenvalue weighted by molar-refractivity contribution is -0.132. The quantitative estimate of drug-likeness (QED) is 0.864. The number of rotatable bonds is 5. The first-order valence-corrected chi connectivity index (χ1v) is 7.00. The second-order valence-electron chi connectivity index (χ2n) is 5.30. The van der Waals surface area contributed by atoms with Crippen LogP contribution in [0.1, 0.15) is 18.4 Å². The van der Waals surface area contributed by atoms with Crippen molar-refractivity contribution in [2.24, 2.45) is 5.73 Å². The van der Waals surface area contributed by atoms with E-state index in [1.807, 2.05) is 30.3 Å². The Morgan fingerprint density at radius 1 is 1.29 bits per heavy atom. The van der Waals surface area contributed by atoms with Gasteiger partial charge in [-0.15, -0.1) is 0 Å². The van der Waals surface area contributed by atoms with E-state index in [4.69, 9.17) is 10.5 Å². The fraction of sp³-hybridized carbons (Fsp3) is 0.533. The summed E-state index contributed by atoms with van der Waals surface area (Å²) in [6.07, 6.45) is 0.966. The Hall–Kier alpha value is -1.53. The molecule has 0 unspecified atom stereocenters. The van der Waals surface area contributed by atoms with Crippen molar-refractivity contribution in [1.29, 1.82) is 0 Å². The Balaban J connectivity index is 2.18. The van der Waals surface area contributed by atoms with Gasteiger partial charge in [0, 0.05) is 13.2 Å². The van der Waals surface area contributed by atoms with Gasteiger partial charge in [-0.25, -0.2) is 8.78 Å². The summed E-state index contributed by atoms with van der Waals surface area (Å²) in [6.45, 7) is -0.641. The van der Waals surface area contributed by atoms with Gasteiger partial charge in [-0.1, -0.05) is 30.3 Å². The Bertz CT molecular complexity index is 474. The minimum Gasteiger partial charge on any atom is -0.381 e. The zero-order valence-corrected chi connectivity index (χ0v) is 11.8. The summed E-state index contributed by atoms with van der Waals surface area (Å²) in [6, 6.07) is 9.25. The predicted octanol–water partition coefficient (Wildman–Crippen LogP) is 1.44. The highest BCUT2D eigenvalue weighted by Crippen LogP contribution is 2.35. The van der Waals surface area contributed by atoms with Crippen molar-refractivity contribution in [3.8, 4) is 0 Å². The van der Waals surface area contributed by atoms with Crippen molar-refractivity contribution in [2.45, 2.75) is 24.2 Å². The second-order valence-corrected chi connectivity index (χ2v) is 5.30. The van der Waals surface area contributed by atoms with Crippen molar-refractivity contribution in [3.63, 3.8) is 0 Å². The van der Waals surface area contributed by atoms with Crippen LogP contribution in [-0.4, -0.2) is 38.1 Å². The topological polar surface area (TPSA) is 64.3 Å². The average Bonchev–Trinajstić information content (AvgIpc) is 2.54. The molecule has 1 amide bonds. The molecule has 0 radical (unpaired) electrons. The van der Waals surface area contributed by atoms with Crippen LogP contribution in [0.5, 0.6) is 0 Å². The molecular weight excluding hydrogens is 278 g/mol. The van der Waals surface area contributed by atoms with Gasteiger partial charge in [0.2, 0.25) is 5.91 Å². The number of alkyl halides is 2. The van der Waals surface area contributed by atoms with Crippen molar-refractivity contribution < 1.29 is 18.3 Å². The number of hydrogen-bond acceptors (Lipinski definition) is 3. The normalized spacial score (nSPS) is 18.2. The van der Waals surface area contributed by atoms with Crippen LogP contribution in [0.25, 0.3) is 0 Å². The molecule has 6 heteroatoms. The van der Waals surface area contributed by atoms with Crippen LogP contribution in [0, 0.1) is 0 Å². The molecule has 1 aromatic carbocycles. The summed E-state index contributed by atoms with van der Waals surface area (Å²) in [7, 11) is 0. The number of nitrogens with one attached hydrogen (secondary N) is 1. The highest BCUT2D eigenvalue weighted by molar-refractivity contribution is 5.88. The molecule has 0 bridgehead atoms. The SMILES string of the molecule is NCC(F)(F)CNC(=O)C1(c2ccccc2)CCOCC1. The van der Waals surface area contributed by atoms with Gasteiger partial charge in [-0.3, -0.25) is 4.79 Å². The standard InChI is InChI=1S/C15H20F2N2O2/c16-15(17,10-18)11-19-13(20)14(6-8-21-9-7-14)12-4-2-1-3-5-12/h1-5H,6-11,18H2,(H,19,20). The van der Waals surface area contributed by atoms with Crippen LogP contribution >= 0.6 is 0 Å². The van der Waals surface area contributed by atoms with E-state index in [1.165, 1.54) is 0 Å². The number of ether oxygens (including phenoxy) is 1. The molecule has 116 valence electrons. The minimum absolute atomic E-state index is 0.384. The second kappa shape index (κ2) is 6.49. The molecule has 4 nitrogen and oxygen atoms in total. The van der Waals surface area contributed by atoms with Crippen LogP contribution in [0.15, 0.2) is 30.3 Å². The van der Waals surface area contributed by atoms with E-state index in [-0.39, 0.29) is 5.91 Å². The van der Waals surface area contributed by atoms with Crippen molar-refractivity contribution in [1.82, 2.24) is 5.32 Å². The predicted molar refractivity (Wildman–Crippen MR) is 75.2 cm³/mol. The molecule has 1 fully saturated rings. The van der Waals surface area contributed by atoms with E-state index < -0.39 is 24.4 Å². The molecule has 21 heavy (non-hydrogen) atoms. The molecule has 0 saturated carbocycles. The maximum atomic E-state index is 13.2. The van der Waals surface area contributed by atoms with Crippen LogP contribution in [0.3, 0.4) is 0 Å². The zero-order chi connectivity index (χ0) is 15.3. The molecule has 0 atom stereocenters. The first-order valence-electron chi connectivity index (χ1n) is 7.00. The number of benzene rings is 1. The van der Waals surface area contributed by atoms with Gasteiger partial charge in [0.05, 0.1) is 18.5 Å². The first kappa shape index (κ1) is 15.9. The third kappa shape index (κ3) is 3.57. The van der Waals surface area contributed by atoms with E-state index >= 15 is 0 Å². The number of halogens is 2. The van der Waals surface area contributed by atoms with Gasteiger partial charge in [0.15, 0.2) is 0 Å². The monoisotopic (exact) mass is 298 g/mol. The molecule has 1 aliphatic rings. The summed E-state index contributed by atoms with van der Waals surface area (Å²) in [5, 5.41) is 2.36. The van der Waals surface area contributed by atoms with E-state index in [9.17, 15) is 13.6 Å². The number of carbonyl (C=O) groups excluding carboxylic acids is 1. The van der Waals surface area contributed by atoms with Gasteiger partial charge >= 0.3 is 0 Å². The van der Waals surface area contributed by atoms with Crippen LogP contribution < -0.4 is 11.1 Å². The maximum absolute atomic E-state index is 13.2. The highest BCUT2D eigenvalue weighted by Gasteiger charge is 2.42. The lowest BCUT2D eigenvalue weighted by Crippen LogP contribution is -2.51. The van der Waals surface area contributed by atoms with E-state index in [1.54, 1.807) is 0 Å². The molecule has 1 saturated heterocycles. The molecule has 2 rings (SSSR count). The number of carbonyl (C=O) groups is 1. The maximum Gasteiger partial charge on any atom is 0.277 e. The van der Waals surface area contributed by atoms with Gasteiger partial charge in [0.1, 0.15) is 0 Å². The van der Waals surface area contributed by atoms with E-state index in [0.717, 1.165) is 5.56 Å². The van der Waals surface area contributed by atoms with Crippen molar-refractivity contribution in [3.05, 3.63) is 35.9 Å². The first-order chi connectivity index (χ1) is 10.0. The Kier molecular flexibility index (Phi) is 4.90. The molecular formula is C15H20F2N2O2. The summed E-state index contributed by atoms with van der Waals surface area (Å²) in [5.74, 6) is -3.47. The lowest BCUT2D eigenvalue weighted by Gasteiger charge is -2.36. The van der Waals surface area contributed by atoms with Crippen molar-refractivity contribution in [2.75, 3.05) is 26.3 Å². The van der Waals surface area contributed by atoms with Gasteiger partial charge in [-0.05, 0) is 18.4 Å². The molecule has 3 N–H and O–H groups in total.